The topological polar surface area (TPSA) is 88.5 Å². The van der Waals surface area contributed by atoms with Crippen molar-refractivity contribution in [3.05, 3.63) is 63.7 Å². The summed E-state index contributed by atoms with van der Waals surface area (Å²) in [7, 11) is 0. The summed E-state index contributed by atoms with van der Waals surface area (Å²) in [4.78, 5) is 50.4. The van der Waals surface area contributed by atoms with Crippen molar-refractivity contribution in [1.82, 2.24) is 0 Å². The second-order valence-electron chi connectivity index (χ2n) is 6.92. The Balaban J connectivity index is 2.11. The highest BCUT2D eigenvalue weighted by atomic mass is 16.3. The van der Waals surface area contributed by atoms with E-state index in [9.17, 15) is 24.3 Å². The molecule has 1 atom stereocenters. The van der Waals surface area contributed by atoms with Gasteiger partial charge in [-0.1, -0.05) is 38.1 Å². The van der Waals surface area contributed by atoms with E-state index in [-0.39, 0.29) is 51.7 Å². The Morgan fingerprint density at radius 2 is 1.63 bits per heavy atom. The quantitative estimate of drug-likeness (QED) is 0.551. The van der Waals surface area contributed by atoms with Crippen LogP contribution in [0.5, 0.6) is 5.75 Å². The van der Waals surface area contributed by atoms with Crippen LogP contribution in [0.4, 0.5) is 0 Å². The van der Waals surface area contributed by atoms with E-state index in [1.807, 2.05) is 6.92 Å². The van der Waals surface area contributed by atoms with E-state index in [1.165, 1.54) is 12.1 Å². The Hall–Kier alpha value is -3.08. The molecule has 0 bridgehead atoms. The van der Waals surface area contributed by atoms with Crippen molar-refractivity contribution in [1.29, 1.82) is 0 Å². The van der Waals surface area contributed by atoms with E-state index in [2.05, 4.69) is 0 Å². The van der Waals surface area contributed by atoms with E-state index >= 15 is 0 Å². The second-order valence-corrected chi connectivity index (χ2v) is 6.92. The smallest absolute Gasteiger partial charge is 0.198 e. The van der Waals surface area contributed by atoms with Crippen LogP contribution in [-0.2, 0) is 4.79 Å². The number of hydrogen-bond acceptors (Lipinski definition) is 5. The molecule has 3 rings (SSSR count). The van der Waals surface area contributed by atoms with Gasteiger partial charge in [-0.05, 0) is 25.0 Å². The summed E-state index contributed by atoms with van der Waals surface area (Å²) >= 11 is 0. The number of Topliss-reactive ketones (excluding diaryl/α,β-unsaturated/α-hetero) is 2. The normalized spacial score (nSPS) is 13.7. The summed E-state index contributed by atoms with van der Waals surface area (Å²) in [6.07, 6.45) is 0.270. The van der Waals surface area contributed by atoms with Gasteiger partial charge in [0, 0.05) is 22.6 Å². The fourth-order valence-electron chi connectivity index (χ4n) is 3.37. The van der Waals surface area contributed by atoms with Crippen LogP contribution in [0.1, 0.15) is 74.5 Å². The fraction of sp³-hybridized carbons (Fsp3) is 0.273. The Kier molecular flexibility index (Phi) is 4.79. The lowest BCUT2D eigenvalue weighted by Gasteiger charge is -2.21. The predicted octanol–water partition coefficient (Wildman–Crippen LogP) is 3.66. The Morgan fingerprint density at radius 1 is 1.04 bits per heavy atom. The molecule has 5 heteroatoms. The number of ketones is 4. The first-order valence-corrected chi connectivity index (χ1v) is 8.88. The zero-order valence-corrected chi connectivity index (χ0v) is 15.5. The highest BCUT2D eigenvalue weighted by Gasteiger charge is 2.35. The number of phenols is 1. The standard InChI is InChI=1S/C22H20O5/c1-4-11(2)16(23)10-17(24)18-12(3)9-15-19(22(18)27)21(26)14-8-6-5-7-13(14)20(15)25/h5-9,11,27H,4,10H2,1-3H3/t11-/m0/s1. The third-order valence-corrected chi connectivity index (χ3v) is 5.16. The van der Waals surface area contributed by atoms with Gasteiger partial charge < -0.3 is 5.11 Å². The van der Waals surface area contributed by atoms with Crippen molar-refractivity contribution in [2.45, 2.75) is 33.6 Å². The summed E-state index contributed by atoms with van der Waals surface area (Å²) < 4.78 is 0. The number of carbonyl (C=O) groups excluding carboxylic acids is 4. The molecule has 1 N–H and O–H groups in total. The molecule has 0 aromatic heterocycles. The van der Waals surface area contributed by atoms with Gasteiger partial charge in [-0.3, -0.25) is 19.2 Å². The van der Waals surface area contributed by atoms with Gasteiger partial charge in [0.15, 0.2) is 17.3 Å². The molecule has 138 valence electrons. The number of hydrogen-bond donors (Lipinski definition) is 1. The van der Waals surface area contributed by atoms with Crippen molar-refractivity contribution in [3.8, 4) is 5.75 Å². The van der Waals surface area contributed by atoms with Crippen LogP contribution >= 0.6 is 0 Å². The molecule has 0 radical (unpaired) electrons. The molecule has 0 heterocycles. The maximum Gasteiger partial charge on any atom is 0.198 e. The van der Waals surface area contributed by atoms with E-state index < -0.39 is 17.3 Å². The number of benzene rings is 2. The molecule has 0 spiro atoms. The number of aryl methyl sites for hydroxylation is 1. The minimum Gasteiger partial charge on any atom is -0.506 e. The maximum absolute atomic E-state index is 12.8. The number of aromatic hydroxyl groups is 1. The third kappa shape index (κ3) is 2.99. The molecule has 2 aromatic rings. The Labute approximate surface area is 157 Å². The SMILES string of the molecule is CC[C@H](C)C(=O)CC(=O)c1c(C)cc2c(c1O)C(=O)c1ccccc1C2=O. The largest absolute Gasteiger partial charge is 0.506 e. The molecule has 0 amide bonds. The van der Waals surface area contributed by atoms with Gasteiger partial charge in [0.25, 0.3) is 0 Å². The van der Waals surface area contributed by atoms with Gasteiger partial charge in [0.1, 0.15) is 11.5 Å². The molecular weight excluding hydrogens is 344 g/mol. The molecule has 1 aliphatic rings. The van der Waals surface area contributed by atoms with Crippen LogP contribution < -0.4 is 0 Å². The van der Waals surface area contributed by atoms with Crippen LogP contribution in [0.25, 0.3) is 0 Å². The van der Waals surface area contributed by atoms with Crippen LogP contribution in [-0.4, -0.2) is 28.2 Å². The summed E-state index contributed by atoms with van der Waals surface area (Å²) in [6.45, 7) is 5.18. The lowest BCUT2D eigenvalue weighted by molar-refractivity contribution is -0.121. The zero-order valence-electron chi connectivity index (χ0n) is 15.5. The second kappa shape index (κ2) is 6.91. The molecule has 0 fully saturated rings. The van der Waals surface area contributed by atoms with Crippen LogP contribution in [0.15, 0.2) is 30.3 Å². The molecule has 0 saturated carbocycles. The van der Waals surface area contributed by atoms with Crippen LogP contribution in [0.3, 0.4) is 0 Å². The number of fused-ring (bicyclic) bond motifs is 2. The van der Waals surface area contributed by atoms with Crippen molar-refractivity contribution in [3.63, 3.8) is 0 Å². The third-order valence-electron chi connectivity index (χ3n) is 5.16. The van der Waals surface area contributed by atoms with Crippen LogP contribution in [0, 0.1) is 12.8 Å². The predicted molar refractivity (Wildman–Crippen MR) is 99.6 cm³/mol. The van der Waals surface area contributed by atoms with E-state index in [4.69, 9.17) is 0 Å². The molecule has 0 unspecified atom stereocenters. The average molecular weight is 364 g/mol. The molecule has 0 aliphatic heterocycles. The lowest BCUT2D eigenvalue weighted by atomic mass is 9.80. The van der Waals surface area contributed by atoms with Crippen molar-refractivity contribution in [2.24, 2.45) is 5.92 Å². The van der Waals surface area contributed by atoms with E-state index in [1.54, 1.807) is 32.0 Å². The summed E-state index contributed by atoms with van der Waals surface area (Å²) in [5.74, 6) is -2.40. The summed E-state index contributed by atoms with van der Waals surface area (Å²) in [6, 6.07) is 7.84. The number of rotatable bonds is 5. The highest BCUT2D eigenvalue weighted by molar-refractivity contribution is 6.30. The molecule has 2 aromatic carbocycles. The molecule has 0 saturated heterocycles. The van der Waals surface area contributed by atoms with Crippen LogP contribution in [0.2, 0.25) is 0 Å². The van der Waals surface area contributed by atoms with E-state index in [0.717, 1.165) is 0 Å². The molecule has 27 heavy (non-hydrogen) atoms. The Bertz CT molecular complexity index is 1000. The highest BCUT2D eigenvalue weighted by Crippen LogP contribution is 2.37. The monoisotopic (exact) mass is 364 g/mol. The fourth-order valence-corrected chi connectivity index (χ4v) is 3.37. The minimum absolute atomic E-state index is 0.0639. The lowest BCUT2D eigenvalue weighted by Crippen LogP contribution is -2.23. The Morgan fingerprint density at radius 3 is 2.22 bits per heavy atom. The minimum atomic E-state index is -0.544. The van der Waals surface area contributed by atoms with E-state index in [0.29, 0.717) is 12.0 Å². The maximum atomic E-state index is 12.8. The van der Waals surface area contributed by atoms with Gasteiger partial charge in [-0.2, -0.15) is 0 Å². The van der Waals surface area contributed by atoms with Crippen molar-refractivity contribution >= 4 is 23.1 Å². The molecular formula is C22H20O5. The number of carbonyl (C=O) groups is 4. The average Bonchev–Trinajstić information content (AvgIpc) is 2.64. The molecule has 5 nitrogen and oxygen atoms in total. The summed E-state index contributed by atoms with van der Waals surface area (Å²) in [5, 5.41) is 10.7. The van der Waals surface area contributed by atoms with Gasteiger partial charge in [0.2, 0.25) is 0 Å². The van der Waals surface area contributed by atoms with Gasteiger partial charge >= 0.3 is 0 Å². The zero-order chi connectivity index (χ0) is 19.9. The van der Waals surface area contributed by atoms with Crippen molar-refractivity contribution in [2.75, 3.05) is 0 Å². The molecule has 1 aliphatic carbocycles. The summed E-state index contributed by atoms with van der Waals surface area (Å²) in [5.41, 5.74) is 0.699. The van der Waals surface area contributed by atoms with Gasteiger partial charge in [-0.25, -0.2) is 0 Å². The first-order valence-electron chi connectivity index (χ1n) is 8.88. The van der Waals surface area contributed by atoms with Crippen molar-refractivity contribution < 1.29 is 24.3 Å². The van der Waals surface area contributed by atoms with Gasteiger partial charge in [-0.15, -0.1) is 0 Å². The van der Waals surface area contributed by atoms with Gasteiger partial charge in [0.05, 0.1) is 17.5 Å². The first kappa shape index (κ1) is 18.7. The number of phenolic OH excluding ortho intramolecular Hbond substituents is 1. The first-order chi connectivity index (χ1) is 12.8.